The summed E-state index contributed by atoms with van der Waals surface area (Å²) in [5.41, 5.74) is 6.37. The van der Waals surface area contributed by atoms with E-state index in [1.54, 1.807) is 13.2 Å². The van der Waals surface area contributed by atoms with E-state index in [2.05, 4.69) is 24.9 Å². The Labute approximate surface area is 228 Å². The summed E-state index contributed by atoms with van der Waals surface area (Å²) < 4.78 is 24.5. The quantitative estimate of drug-likeness (QED) is 0.216. The van der Waals surface area contributed by atoms with Gasteiger partial charge in [0.2, 0.25) is 5.95 Å². The van der Waals surface area contributed by atoms with Crippen LogP contribution in [0.3, 0.4) is 0 Å². The molecule has 0 radical (unpaired) electrons. The Kier molecular flexibility index (Phi) is 6.62. The molecule has 2 aromatic heterocycles. The van der Waals surface area contributed by atoms with Crippen LogP contribution in [-0.4, -0.2) is 27.4 Å². The van der Waals surface area contributed by atoms with Gasteiger partial charge in [-0.05, 0) is 88.6 Å². The summed E-state index contributed by atoms with van der Waals surface area (Å²) in [7, 11) is 1.62. The second-order valence-electron chi connectivity index (χ2n) is 9.47. The molecule has 0 atom stereocenters. The standard InChI is InChI=1S/C30H24ClFN4O3/c1-38-21-11-12-22(24(31)16-21)28(18-3-2-4-18)27(20-10-13-25-23(15-20)29(32)35-34-25)19-8-5-17(6-9-19)7-14-26-33-30(37)39-36-26/h5-16,18H,2-4H2,1H3,(H,34,35)(H,33,36,37). The van der Waals surface area contributed by atoms with Crippen LogP contribution in [0.2, 0.25) is 5.02 Å². The van der Waals surface area contributed by atoms with Gasteiger partial charge in [0.15, 0.2) is 5.82 Å². The lowest BCUT2D eigenvalue weighted by Gasteiger charge is -2.32. The average molecular weight is 543 g/mol. The predicted octanol–water partition coefficient (Wildman–Crippen LogP) is 6.97. The van der Waals surface area contributed by atoms with Crippen molar-refractivity contribution < 1.29 is 13.7 Å². The molecule has 6 rings (SSSR count). The number of aromatic amines is 2. The van der Waals surface area contributed by atoms with Crippen LogP contribution >= 0.6 is 11.6 Å². The molecule has 196 valence electrons. The molecule has 1 aliphatic carbocycles. The first-order valence-corrected chi connectivity index (χ1v) is 12.9. The van der Waals surface area contributed by atoms with Gasteiger partial charge in [-0.2, -0.15) is 9.49 Å². The van der Waals surface area contributed by atoms with E-state index in [9.17, 15) is 9.18 Å². The number of rotatable bonds is 7. The minimum absolute atomic E-state index is 0.305. The molecule has 0 aliphatic heterocycles. The van der Waals surface area contributed by atoms with Crippen LogP contribution in [0, 0.1) is 11.9 Å². The number of nitrogens with zero attached hydrogens (tertiary/aromatic N) is 2. The highest BCUT2D eigenvalue weighted by Gasteiger charge is 2.29. The topological polar surface area (TPSA) is 96.8 Å². The van der Waals surface area contributed by atoms with Gasteiger partial charge in [0.1, 0.15) is 5.75 Å². The minimum atomic E-state index is -0.605. The van der Waals surface area contributed by atoms with Crippen LogP contribution in [-0.2, 0) is 0 Å². The molecule has 1 saturated carbocycles. The molecule has 1 aliphatic rings. The number of ether oxygens (including phenoxy) is 1. The predicted molar refractivity (Wildman–Crippen MR) is 150 cm³/mol. The van der Waals surface area contributed by atoms with Crippen LogP contribution in [0.4, 0.5) is 4.39 Å². The third-order valence-corrected chi connectivity index (χ3v) is 7.45. The Morgan fingerprint density at radius 2 is 1.87 bits per heavy atom. The molecule has 2 N–H and O–H groups in total. The monoisotopic (exact) mass is 542 g/mol. The fraction of sp³-hybridized carbons (Fsp3) is 0.167. The molecule has 0 amide bonds. The van der Waals surface area contributed by atoms with E-state index in [1.165, 1.54) is 0 Å². The summed E-state index contributed by atoms with van der Waals surface area (Å²) in [6.07, 6.45) is 6.73. The van der Waals surface area contributed by atoms with Crippen molar-refractivity contribution in [2.45, 2.75) is 19.3 Å². The summed E-state index contributed by atoms with van der Waals surface area (Å²) in [6, 6.07) is 19.4. The van der Waals surface area contributed by atoms with Crippen molar-refractivity contribution in [3.63, 3.8) is 0 Å². The second kappa shape index (κ2) is 10.4. The maximum Gasteiger partial charge on any atom is 0.439 e. The third kappa shape index (κ3) is 4.91. The average Bonchev–Trinajstić information content (AvgIpc) is 3.51. The third-order valence-electron chi connectivity index (χ3n) is 7.14. The summed E-state index contributed by atoms with van der Waals surface area (Å²) >= 11 is 6.84. The molecule has 9 heteroatoms. The van der Waals surface area contributed by atoms with Gasteiger partial charge in [-0.1, -0.05) is 59.6 Å². The largest absolute Gasteiger partial charge is 0.497 e. The lowest BCUT2D eigenvalue weighted by Crippen LogP contribution is -2.15. The number of hydrogen-bond acceptors (Lipinski definition) is 5. The Morgan fingerprint density at radius 3 is 2.54 bits per heavy atom. The molecule has 0 bridgehead atoms. The summed E-state index contributed by atoms with van der Waals surface area (Å²) in [4.78, 5) is 13.7. The first-order chi connectivity index (χ1) is 19.0. The van der Waals surface area contributed by atoms with Crippen molar-refractivity contribution in [2.75, 3.05) is 7.11 Å². The highest BCUT2D eigenvalue weighted by Crippen LogP contribution is 2.47. The highest BCUT2D eigenvalue weighted by atomic mass is 35.5. The van der Waals surface area contributed by atoms with Gasteiger partial charge >= 0.3 is 5.76 Å². The first kappa shape index (κ1) is 24.9. The number of H-pyrrole nitrogens is 2. The molecule has 3 aromatic carbocycles. The molecule has 39 heavy (non-hydrogen) atoms. The second-order valence-corrected chi connectivity index (χ2v) is 9.87. The van der Waals surface area contributed by atoms with Crippen LogP contribution in [0.5, 0.6) is 5.75 Å². The fourth-order valence-electron chi connectivity index (χ4n) is 4.96. The first-order valence-electron chi connectivity index (χ1n) is 12.6. The van der Waals surface area contributed by atoms with E-state index in [0.29, 0.717) is 33.4 Å². The van der Waals surface area contributed by atoms with Gasteiger partial charge in [0.25, 0.3) is 0 Å². The van der Waals surface area contributed by atoms with E-state index in [1.807, 2.05) is 66.7 Å². The lowest BCUT2D eigenvalue weighted by molar-refractivity contribution is 0.385. The smallest absolute Gasteiger partial charge is 0.439 e. The zero-order valence-corrected chi connectivity index (χ0v) is 21.8. The molecule has 0 saturated heterocycles. The molecular weight excluding hydrogens is 519 g/mol. The van der Waals surface area contributed by atoms with Gasteiger partial charge in [0.05, 0.1) is 23.0 Å². The number of fused-ring (bicyclic) bond motifs is 1. The molecule has 0 unspecified atom stereocenters. The Morgan fingerprint density at radius 1 is 1.08 bits per heavy atom. The molecule has 0 spiro atoms. The van der Waals surface area contributed by atoms with Crippen molar-refractivity contribution in [3.05, 3.63) is 110 Å². The minimum Gasteiger partial charge on any atom is -0.497 e. The molecule has 7 nitrogen and oxygen atoms in total. The van der Waals surface area contributed by atoms with E-state index in [0.717, 1.165) is 52.7 Å². The molecule has 1 fully saturated rings. The van der Waals surface area contributed by atoms with Crippen LogP contribution in [0.1, 0.15) is 47.3 Å². The summed E-state index contributed by atoms with van der Waals surface area (Å²) in [6.45, 7) is 0. The summed E-state index contributed by atoms with van der Waals surface area (Å²) in [5.74, 6) is 0.252. The summed E-state index contributed by atoms with van der Waals surface area (Å²) in [5, 5.41) is 11.2. The van der Waals surface area contributed by atoms with Crippen LogP contribution in [0.15, 0.2) is 70.0 Å². The van der Waals surface area contributed by atoms with Gasteiger partial charge in [-0.25, -0.2) is 4.79 Å². The van der Waals surface area contributed by atoms with Crippen LogP contribution in [0.25, 0.3) is 34.2 Å². The van der Waals surface area contributed by atoms with Gasteiger partial charge in [-0.3, -0.25) is 14.6 Å². The zero-order chi connectivity index (χ0) is 26.9. The molecule has 2 heterocycles. The maximum atomic E-state index is 14.6. The lowest BCUT2D eigenvalue weighted by atomic mass is 9.73. The van der Waals surface area contributed by atoms with Crippen molar-refractivity contribution in [1.82, 2.24) is 20.3 Å². The number of aromatic nitrogens is 4. The van der Waals surface area contributed by atoms with E-state index in [4.69, 9.17) is 16.3 Å². The normalized spacial score (nSPS) is 14.5. The number of methoxy groups -OCH3 is 1. The number of nitrogens with one attached hydrogen (secondary N) is 2. The van der Waals surface area contributed by atoms with E-state index in [-0.39, 0.29) is 0 Å². The van der Waals surface area contributed by atoms with Crippen molar-refractivity contribution in [3.8, 4) is 5.75 Å². The Hall–Kier alpha value is -4.43. The van der Waals surface area contributed by atoms with Gasteiger partial charge < -0.3 is 4.74 Å². The molecule has 5 aromatic rings. The van der Waals surface area contributed by atoms with Gasteiger partial charge in [0, 0.05) is 0 Å². The number of halogens is 2. The van der Waals surface area contributed by atoms with E-state index < -0.39 is 11.7 Å². The van der Waals surface area contributed by atoms with Crippen molar-refractivity contribution in [2.24, 2.45) is 5.92 Å². The molecular formula is C30H24ClFN4O3. The Balaban J connectivity index is 1.53. The number of allylic oxidation sites excluding steroid dienone is 1. The van der Waals surface area contributed by atoms with Crippen molar-refractivity contribution >= 4 is 45.8 Å². The van der Waals surface area contributed by atoms with E-state index >= 15 is 0 Å². The van der Waals surface area contributed by atoms with Gasteiger partial charge in [-0.15, -0.1) is 0 Å². The maximum absolute atomic E-state index is 14.6. The number of benzene rings is 3. The van der Waals surface area contributed by atoms with Crippen LogP contribution < -0.4 is 10.5 Å². The number of hydrogen-bond donors (Lipinski definition) is 2. The fourth-order valence-corrected chi connectivity index (χ4v) is 5.23. The highest BCUT2D eigenvalue weighted by molar-refractivity contribution is 6.33. The SMILES string of the molecule is COc1ccc(C(=C(c2ccc(C=Cc3noc(=O)[nH]3)cc2)c2ccc3n[nH]c(F)c3c2)C2CCC2)c(Cl)c1. The Bertz CT molecular complexity index is 1780. The zero-order valence-electron chi connectivity index (χ0n) is 21.0. The van der Waals surface area contributed by atoms with Crippen molar-refractivity contribution in [1.29, 1.82) is 0 Å².